The molecule has 1 amide bonds. The average molecular weight is 384 g/mol. The van der Waals surface area contributed by atoms with E-state index in [-0.39, 0.29) is 23.3 Å². The second kappa shape index (κ2) is 7.79. The standard InChI is InChI=1S/C17H16N6O3S/c1-11-2-4-13(5-3-11)19-17(27)21-20-16(24)10-22-15-7-6-14(23(25)26)8-12(15)9-18-22/h2-9H,10H2,1H3,(H,20,24)(H2,19,21,27). The van der Waals surface area contributed by atoms with Gasteiger partial charge in [-0.05, 0) is 37.3 Å². The average Bonchev–Trinajstić information content (AvgIpc) is 3.04. The van der Waals surface area contributed by atoms with Gasteiger partial charge in [0, 0.05) is 23.2 Å². The minimum atomic E-state index is -0.477. The van der Waals surface area contributed by atoms with Crippen LogP contribution < -0.4 is 16.2 Å². The van der Waals surface area contributed by atoms with Gasteiger partial charge in [-0.15, -0.1) is 0 Å². The third kappa shape index (κ3) is 4.55. The fourth-order valence-electron chi connectivity index (χ4n) is 2.42. The summed E-state index contributed by atoms with van der Waals surface area (Å²) in [7, 11) is 0. The number of thiocarbonyl (C=S) groups is 1. The molecule has 0 aliphatic rings. The van der Waals surface area contributed by atoms with Crippen molar-refractivity contribution in [2.45, 2.75) is 13.5 Å². The van der Waals surface area contributed by atoms with Gasteiger partial charge in [0.1, 0.15) is 6.54 Å². The summed E-state index contributed by atoms with van der Waals surface area (Å²) in [6.07, 6.45) is 1.48. The number of nitro benzene ring substituents is 1. The van der Waals surface area contributed by atoms with Crippen molar-refractivity contribution in [3.8, 4) is 0 Å². The number of carbonyl (C=O) groups is 1. The molecular formula is C17H16N6O3S. The molecule has 3 rings (SSSR count). The van der Waals surface area contributed by atoms with Gasteiger partial charge in [0.05, 0.1) is 16.6 Å². The molecule has 0 unspecified atom stereocenters. The zero-order valence-corrected chi connectivity index (χ0v) is 15.1. The lowest BCUT2D eigenvalue weighted by Crippen LogP contribution is -2.45. The van der Waals surface area contributed by atoms with Crippen LogP contribution in [0.5, 0.6) is 0 Å². The van der Waals surface area contributed by atoms with Crippen LogP contribution in [0.3, 0.4) is 0 Å². The summed E-state index contributed by atoms with van der Waals surface area (Å²) in [6.45, 7) is 1.92. The van der Waals surface area contributed by atoms with Gasteiger partial charge in [-0.1, -0.05) is 17.7 Å². The van der Waals surface area contributed by atoms with Crippen molar-refractivity contribution in [3.05, 3.63) is 64.3 Å². The number of fused-ring (bicyclic) bond motifs is 1. The largest absolute Gasteiger partial charge is 0.331 e. The Bertz CT molecular complexity index is 1020. The molecule has 1 aromatic heterocycles. The van der Waals surface area contributed by atoms with Gasteiger partial charge in [-0.3, -0.25) is 30.4 Å². The molecule has 2 aromatic carbocycles. The Morgan fingerprint density at radius 3 is 2.67 bits per heavy atom. The van der Waals surface area contributed by atoms with Gasteiger partial charge >= 0.3 is 0 Å². The van der Waals surface area contributed by atoms with Gasteiger partial charge < -0.3 is 5.32 Å². The molecule has 0 fully saturated rings. The van der Waals surface area contributed by atoms with E-state index < -0.39 is 4.92 Å². The number of aromatic nitrogens is 2. The second-order valence-electron chi connectivity index (χ2n) is 5.80. The molecular weight excluding hydrogens is 368 g/mol. The van der Waals surface area contributed by atoms with Crippen LogP contribution in [-0.2, 0) is 11.3 Å². The first-order valence-corrected chi connectivity index (χ1v) is 8.35. The predicted octanol–water partition coefficient (Wildman–Crippen LogP) is 2.27. The van der Waals surface area contributed by atoms with Crippen LogP contribution >= 0.6 is 12.2 Å². The fraction of sp³-hybridized carbons (Fsp3) is 0.118. The SMILES string of the molecule is Cc1ccc(NC(=S)NNC(=O)Cn2ncc3cc([N+](=O)[O-])ccc32)cc1. The number of aryl methyl sites for hydroxylation is 1. The van der Waals surface area contributed by atoms with Crippen molar-refractivity contribution < 1.29 is 9.72 Å². The molecule has 0 radical (unpaired) electrons. The normalized spacial score (nSPS) is 10.4. The summed E-state index contributed by atoms with van der Waals surface area (Å²) in [5, 5.41) is 18.7. The molecule has 0 aliphatic heterocycles. The minimum Gasteiger partial charge on any atom is -0.331 e. The monoisotopic (exact) mass is 384 g/mol. The molecule has 3 N–H and O–H groups in total. The highest BCUT2D eigenvalue weighted by molar-refractivity contribution is 7.80. The Labute approximate surface area is 159 Å². The molecule has 0 saturated heterocycles. The van der Waals surface area contributed by atoms with Crippen LogP contribution in [0, 0.1) is 17.0 Å². The number of nitro groups is 1. The zero-order chi connectivity index (χ0) is 19.4. The molecule has 0 bridgehead atoms. The van der Waals surface area contributed by atoms with E-state index in [1.807, 2.05) is 31.2 Å². The van der Waals surface area contributed by atoms with Crippen molar-refractivity contribution in [1.82, 2.24) is 20.6 Å². The van der Waals surface area contributed by atoms with Gasteiger partial charge in [-0.25, -0.2) is 0 Å². The summed E-state index contributed by atoms with van der Waals surface area (Å²) in [5.74, 6) is -0.369. The first kappa shape index (κ1) is 18.3. The van der Waals surface area contributed by atoms with Crippen LogP contribution in [0.4, 0.5) is 11.4 Å². The lowest BCUT2D eigenvalue weighted by molar-refractivity contribution is -0.384. The Morgan fingerprint density at radius 2 is 1.96 bits per heavy atom. The number of nitrogens with zero attached hydrogens (tertiary/aromatic N) is 3. The van der Waals surface area contributed by atoms with Crippen molar-refractivity contribution in [3.63, 3.8) is 0 Å². The van der Waals surface area contributed by atoms with Gasteiger partial charge in [-0.2, -0.15) is 5.10 Å². The quantitative estimate of drug-likeness (QED) is 0.359. The maximum absolute atomic E-state index is 12.1. The number of nitrogens with one attached hydrogen (secondary N) is 3. The Morgan fingerprint density at radius 1 is 1.22 bits per heavy atom. The van der Waals surface area contributed by atoms with E-state index in [1.54, 1.807) is 6.07 Å². The molecule has 0 atom stereocenters. The van der Waals surface area contributed by atoms with Crippen LogP contribution in [0.25, 0.3) is 10.9 Å². The molecule has 3 aromatic rings. The lowest BCUT2D eigenvalue weighted by atomic mass is 10.2. The number of hydrogen-bond donors (Lipinski definition) is 3. The molecule has 0 aliphatic carbocycles. The van der Waals surface area contributed by atoms with E-state index >= 15 is 0 Å². The molecule has 138 valence electrons. The summed E-state index contributed by atoms with van der Waals surface area (Å²) in [6, 6.07) is 12.0. The first-order valence-electron chi connectivity index (χ1n) is 7.95. The van der Waals surface area contributed by atoms with E-state index in [1.165, 1.54) is 23.0 Å². The number of rotatable bonds is 4. The topological polar surface area (TPSA) is 114 Å². The molecule has 27 heavy (non-hydrogen) atoms. The minimum absolute atomic E-state index is 0.0271. The van der Waals surface area contributed by atoms with Crippen molar-refractivity contribution in [2.75, 3.05) is 5.32 Å². The number of anilines is 1. The van der Waals surface area contributed by atoms with E-state index in [0.29, 0.717) is 10.9 Å². The maximum Gasteiger partial charge on any atom is 0.270 e. The van der Waals surface area contributed by atoms with E-state index in [2.05, 4.69) is 21.3 Å². The Kier molecular flexibility index (Phi) is 5.27. The van der Waals surface area contributed by atoms with E-state index in [9.17, 15) is 14.9 Å². The smallest absolute Gasteiger partial charge is 0.270 e. The van der Waals surface area contributed by atoms with Crippen LogP contribution in [-0.4, -0.2) is 25.7 Å². The van der Waals surface area contributed by atoms with Gasteiger partial charge in [0.15, 0.2) is 5.11 Å². The highest BCUT2D eigenvalue weighted by Crippen LogP contribution is 2.20. The number of hydrazine groups is 1. The number of benzene rings is 2. The zero-order valence-electron chi connectivity index (χ0n) is 14.3. The summed E-state index contributed by atoms with van der Waals surface area (Å²) in [5.41, 5.74) is 7.63. The van der Waals surface area contributed by atoms with Gasteiger partial charge in [0.2, 0.25) is 0 Å². The number of amides is 1. The van der Waals surface area contributed by atoms with E-state index in [4.69, 9.17) is 12.2 Å². The number of non-ortho nitro benzene ring substituents is 1. The van der Waals surface area contributed by atoms with Crippen LogP contribution in [0.15, 0.2) is 48.7 Å². The lowest BCUT2D eigenvalue weighted by Gasteiger charge is -2.12. The molecule has 1 heterocycles. The molecule has 0 saturated carbocycles. The molecule has 0 spiro atoms. The summed E-state index contributed by atoms with van der Waals surface area (Å²) in [4.78, 5) is 22.4. The van der Waals surface area contributed by atoms with Gasteiger partial charge in [0.25, 0.3) is 11.6 Å². The Hall–Kier alpha value is -3.53. The third-order valence-electron chi connectivity index (χ3n) is 3.75. The van der Waals surface area contributed by atoms with E-state index in [0.717, 1.165) is 11.3 Å². The first-order chi connectivity index (χ1) is 12.9. The molecule has 9 nitrogen and oxygen atoms in total. The van der Waals surface area contributed by atoms with Crippen molar-refractivity contribution >= 4 is 45.5 Å². The van der Waals surface area contributed by atoms with Crippen molar-refractivity contribution in [2.24, 2.45) is 0 Å². The third-order valence-corrected chi connectivity index (χ3v) is 3.96. The summed E-state index contributed by atoms with van der Waals surface area (Å²) >= 11 is 5.13. The summed E-state index contributed by atoms with van der Waals surface area (Å²) < 4.78 is 1.45. The van der Waals surface area contributed by atoms with Crippen LogP contribution in [0.2, 0.25) is 0 Å². The number of carbonyl (C=O) groups excluding carboxylic acids is 1. The molecule has 10 heteroatoms. The highest BCUT2D eigenvalue weighted by Gasteiger charge is 2.12. The maximum atomic E-state index is 12.1. The predicted molar refractivity (Wildman–Crippen MR) is 105 cm³/mol. The second-order valence-corrected chi connectivity index (χ2v) is 6.20. The van der Waals surface area contributed by atoms with Crippen LogP contribution in [0.1, 0.15) is 5.56 Å². The van der Waals surface area contributed by atoms with Crippen molar-refractivity contribution in [1.29, 1.82) is 0 Å². The Balaban J connectivity index is 1.56. The number of hydrogen-bond acceptors (Lipinski definition) is 5. The fourth-order valence-corrected chi connectivity index (χ4v) is 2.58. The highest BCUT2D eigenvalue weighted by atomic mass is 32.1.